The van der Waals surface area contributed by atoms with Crippen LogP contribution in [-0.2, 0) is 0 Å². The van der Waals surface area contributed by atoms with E-state index in [9.17, 15) is 9.18 Å². The molecule has 0 bridgehead atoms. The van der Waals surface area contributed by atoms with E-state index in [1.165, 1.54) is 18.2 Å². The predicted octanol–water partition coefficient (Wildman–Crippen LogP) is 2.68. The van der Waals surface area contributed by atoms with E-state index in [2.05, 4.69) is 11.6 Å². The summed E-state index contributed by atoms with van der Waals surface area (Å²) in [4.78, 5) is 14.2. The van der Waals surface area contributed by atoms with Gasteiger partial charge in [-0.3, -0.25) is 4.79 Å². The quantitative estimate of drug-likeness (QED) is 0.571. The molecule has 2 nitrogen and oxygen atoms in total. The fourth-order valence-corrected chi connectivity index (χ4v) is 1.41. The van der Waals surface area contributed by atoms with Gasteiger partial charge in [0.15, 0.2) is 5.78 Å². The Morgan fingerprint density at radius 1 is 1.50 bits per heavy atom. The van der Waals surface area contributed by atoms with Gasteiger partial charge in [0, 0.05) is 22.7 Å². The smallest absolute Gasteiger partial charge is 0.187 e. The highest BCUT2D eigenvalue weighted by molar-refractivity contribution is 6.12. The first-order valence-electron chi connectivity index (χ1n) is 4.16. The van der Waals surface area contributed by atoms with E-state index in [1.54, 1.807) is 12.3 Å². The number of allylic oxidation sites excluding steroid dienone is 1. The van der Waals surface area contributed by atoms with E-state index in [0.29, 0.717) is 11.1 Å². The van der Waals surface area contributed by atoms with Crippen molar-refractivity contribution < 1.29 is 9.18 Å². The summed E-state index contributed by atoms with van der Waals surface area (Å²) < 4.78 is 12.8. The molecule has 0 spiro atoms. The number of hydrogen-bond acceptors (Lipinski definition) is 1. The highest BCUT2D eigenvalue weighted by atomic mass is 19.1. The third-order valence-electron chi connectivity index (χ3n) is 2.09. The van der Waals surface area contributed by atoms with Crippen molar-refractivity contribution in [2.75, 3.05) is 0 Å². The number of rotatable bonds is 2. The van der Waals surface area contributed by atoms with Gasteiger partial charge in [0.05, 0.1) is 0 Å². The van der Waals surface area contributed by atoms with Crippen LogP contribution in [0.4, 0.5) is 4.39 Å². The maximum absolute atomic E-state index is 12.8. The first kappa shape index (κ1) is 8.69. The Morgan fingerprint density at radius 2 is 2.29 bits per heavy atom. The minimum atomic E-state index is -0.322. The molecule has 0 unspecified atom stereocenters. The number of nitrogens with one attached hydrogen (secondary N) is 1. The Bertz CT molecular complexity index is 513. The number of carbonyl (C=O) groups is 1. The number of ketones is 1. The monoisotopic (exact) mass is 189 g/mol. The molecular formula is C11H8FNO. The van der Waals surface area contributed by atoms with Gasteiger partial charge in [0.25, 0.3) is 0 Å². The molecule has 14 heavy (non-hydrogen) atoms. The Hall–Kier alpha value is -1.90. The number of halogens is 1. The van der Waals surface area contributed by atoms with E-state index in [1.807, 2.05) is 0 Å². The van der Waals surface area contributed by atoms with Crippen LogP contribution in [0.5, 0.6) is 0 Å². The van der Waals surface area contributed by atoms with Crippen LogP contribution in [-0.4, -0.2) is 10.8 Å². The van der Waals surface area contributed by atoms with Gasteiger partial charge >= 0.3 is 0 Å². The number of carbonyl (C=O) groups excluding carboxylic acids is 1. The molecule has 0 aliphatic carbocycles. The largest absolute Gasteiger partial charge is 0.360 e. The molecule has 0 aliphatic heterocycles. The number of benzene rings is 1. The lowest BCUT2D eigenvalue weighted by Crippen LogP contribution is -1.90. The van der Waals surface area contributed by atoms with Crippen LogP contribution >= 0.6 is 0 Å². The number of H-pyrrole nitrogens is 1. The van der Waals surface area contributed by atoms with Gasteiger partial charge in [-0.05, 0) is 24.3 Å². The molecule has 1 heterocycles. The van der Waals surface area contributed by atoms with Crippen molar-refractivity contribution in [2.24, 2.45) is 0 Å². The van der Waals surface area contributed by atoms with Crippen molar-refractivity contribution in [2.45, 2.75) is 0 Å². The van der Waals surface area contributed by atoms with Crippen molar-refractivity contribution in [1.82, 2.24) is 4.98 Å². The molecule has 3 heteroatoms. The molecule has 0 amide bonds. The third-order valence-corrected chi connectivity index (χ3v) is 2.09. The SMILES string of the molecule is C=CC(=O)c1c[nH]c2cc(F)ccc12. The second-order valence-electron chi connectivity index (χ2n) is 2.96. The molecule has 1 aromatic carbocycles. The zero-order valence-electron chi connectivity index (χ0n) is 7.38. The van der Waals surface area contributed by atoms with E-state index < -0.39 is 0 Å². The second kappa shape index (κ2) is 3.10. The molecule has 0 atom stereocenters. The standard InChI is InChI=1S/C11H8FNO/c1-2-11(14)9-6-13-10-5-7(12)3-4-8(9)10/h2-6,13H,1H2. The van der Waals surface area contributed by atoms with Gasteiger partial charge in [-0.1, -0.05) is 6.58 Å². The van der Waals surface area contributed by atoms with Crippen molar-refractivity contribution in [3.05, 3.63) is 48.4 Å². The predicted molar refractivity (Wildman–Crippen MR) is 52.8 cm³/mol. The summed E-state index contributed by atoms with van der Waals surface area (Å²) in [6.45, 7) is 3.40. The zero-order valence-corrected chi connectivity index (χ0v) is 7.38. The van der Waals surface area contributed by atoms with Crippen LogP contribution in [0.3, 0.4) is 0 Å². The molecule has 0 fully saturated rings. The van der Waals surface area contributed by atoms with Crippen LogP contribution in [0, 0.1) is 5.82 Å². The highest BCUT2D eigenvalue weighted by Crippen LogP contribution is 2.19. The fraction of sp³-hybridized carbons (Fsp3) is 0. The van der Waals surface area contributed by atoms with Crippen LogP contribution in [0.15, 0.2) is 37.1 Å². The van der Waals surface area contributed by atoms with Gasteiger partial charge in [0.2, 0.25) is 0 Å². The van der Waals surface area contributed by atoms with Gasteiger partial charge in [-0.15, -0.1) is 0 Å². The lowest BCUT2D eigenvalue weighted by atomic mass is 10.1. The van der Waals surface area contributed by atoms with Gasteiger partial charge in [-0.25, -0.2) is 4.39 Å². The van der Waals surface area contributed by atoms with E-state index in [0.717, 1.165) is 5.39 Å². The molecular weight excluding hydrogens is 181 g/mol. The van der Waals surface area contributed by atoms with Crippen LogP contribution in [0.1, 0.15) is 10.4 Å². The molecule has 2 aromatic rings. The van der Waals surface area contributed by atoms with Gasteiger partial charge < -0.3 is 4.98 Å². The molecule has 0 saturated heterocycles. The minimum Gasteiger partial charge on any atom is -0.360 e. The van der Waals surface area contributed by atoms with Crippen molar-refractivity contribution in [3.8, 4) is 0 Å². The lowest BCUT2D eigenvalue weighted by Gasteiger charge is -1.93. The molecule has 1 N–H and O–H groups in total. The van der Waals surface area contributed by atoms with Crippen LogP contribution in [0.25, 0.3) is 10.9 Å². The fourth-order valence-electron chi connectivity index (χ4n) is 1.41. The molecule has 0 saturated carbocycles. The Labute approximate surface area is 80.1 Å². The molecule has 70 valence electrons. The van der Waals surface area contributed by atoms with Gasteiger partial charge in [-0.2, -0.15) is 0 Å². The van der Waals surface area contributed by atoms with Crippen molar-refractivity contribution in [1.29, 1.82) is 0 Å². The number of hydrogen-bond donors (Lipinski definition) is 1. The second-order valence-corrected chi connectivity index (χ2v) is 2.96. The summed E-state index contributed by atoms with van der Waals surface area (Å²) >= 11 is 0. The normalized spacial score (nSPS) is 10.4. The topological polar surface area (TPSA) is 32.9 Å². The van der Waals surface area contributed by atoms with E-state index in [4.69, 9.17) is 0 Å². The maximum Gasteiger partial charge on any atom is 0.187 e. The van der Waals surface area contributed by atoms with Crippen molar-refractivity contribution in [3.63, 3.8) is 0 Å². The Kier molecular flexibility index (Phi) is 1.93. The summed E-state index contributed by atoms with van der Waals surface area (Å²) in [7, 11) is 0. The summed E-state index contributed by atoms with van der Waals surface area (Å²) in [6.07, 6.45) is 2.81. The maximum atomic E-state index is 12.8. The van der Waals surface area contributed by atoms with Crippen LogP contribution in [0.2, 0.25) is 0 Å². The third kappa shape index (κ3) is 1.23. The zero-order chi connectivity index (χ0) is 10.1. The van der Waals surface area contributed by atoms with Gasteiger partial charge in [0.1, 0.15) is 5.82 Å². The summed E-state index contributed by atoms with van der Waals surface area (Å²) in [5.74, 6) is -0.486. The van der Waals surface area contributed by atoms with Crippen molar-refractivity contribution >= 4 is 16.7 Å². The first-order chi connectivity index (χ1) is 6.72. The molecule has 1 aromatic heterocycles. The van der Waals surface area contributed by atoms with E-state index in [-0.39, 0.29) is 11.6 Å². The Morgan fingerprint density at radius 3 is 3.00 bits per heavy atom. The number of fused-ring (bicyclic) bond motifs is 1. The summed E-state index contributed by atoms with van der Waals surface area (Å²) in [5.41, 5.74) is 1.14. The average molecular weight is 189 g/mol. The summed E-state index contributed by atoms with van der Waals surface area (Å²) in [6, 6.07) is 4.27. The van der Waals surface area contributed by atoms with E-state index >= 15 is 0 Å². The van der Waals surface area contributed by atoms with Crippen LogP contribution < -0.4 is 0 Å². The highest BCUT2D eigenvalue weighted by Gasteiger charge is 2.08. The summed E-state index contributed by atoms with van der Waals surface area (Å²) in [5, 5.41) is 0.719. The minimum absolute atomic E-state index is 0.164. The molecule has 0 radical (unpaired) electrons. The molecule has 2 rings (SSSR count). The number of aromatic amines is 1. The lowest BCUT2D eigenvalue weighted by molar-refractivity contribution is 0.104. The molecule has 0 aliphatic rings. The first-order valence-corrected chi connectivity index (χ1v) is 4.16. The average Bonchev–Trinajstić information content (AvgIpc) is 2.59. The Balaban J connectivity index is 2.69. The number of aromatic nitrogens is 1.